The van der Waals surface area contributed by atoms with Gasteiger partial charge in [0, 0.05) is 37.7 Å². The Bertz CT molecular complexity index is 1190. The van der Waals surface area contributed by atoms with E-state index in [1.807, 2.05) is 29.2 Å². The maximum absolute atomic E-state index is 13.4. The third-order valence-electron chi connectivity index (χ3n) is 8.05. The first kappa shape index (κ1) is 24.6. The lowest BCUT2D eigenvalue weighted by Crippen LogP contribution is -2.55. The van der Waals surface area contributed by atoms with Crippen LogP contribution in [-0.2, 0) is 29.0 Å². The highest BCUT2D eigenvalue weighted by molar-refractivity contribution is 5.80. The van der Waals surface area contributed by atoms with E-state index in [9.17, 15) is 10.1 Å². The maximum Gasteiger partial charge on any atom is 0.227 e. The molecule has 1 atom stereocenters. The highest BCUT2D eigenvalue weighted by atomic mass is 16.5. The van der Waals surface area contributed by atoms with Crippen LogP contribution >= 0.6 is 0 Å². The third kappa shape index (κ3) is 4.69. The fraction of sp³-hybridized carbons (Fsp3) is 0.533. The van der Waals surface area contributed by atoms with Gasteiger partial charge in [-0.25, -0.2) is 0 Å². The first-order chi connectivity index (χ1) is 17.3. The van der Waals surface area contributed by atoms with Crippen molar-refractivity contribution in [3.8, 4) is 11.8 Å². The molecule has 0 spiro atoms. The summed E-state index contributed by atoms with van der Waals surface area (Å²) in [5.41, 5.74) is 6.29. The summed E-state index contributed by atoms with van der Waals surface area (Å²) in [6.07, 6.45) is 4.39. The number of nitriles is 1. The molecule has 5 rings (SSSR count). The monoisotopic (exact) mass is 487 g/mol. The summed E-state index contributed by atoms with van der Waals surface area (Å²) in [5, 5.41) is 10.3. The zero-order valence-electron chi connectivity index (χ0n) is 22.0. The van der Waals surface area contributed by atoms with Gasteiger partial charge < -0.3 is 19.3 Å². The SMILES string of the molecule is CC[C@@H]1CN(c2cc(C3CC3)c3c(c2C#N)CC(C)(C)OC3)CCN1C(=O)Cc1ccccc1OC. The van der Waals surface area contributed by atoms with Gasteiger partial charge in [0.05, 0.1) is 37.0 Å². The van der Waals surface area contributed by atoms with E-state index in [1.165, 1.54) is 29.5 Å². The van der Waals surface area contributed by atoms with Crippen molar-refractivity contribution in [2.45, 2.75) is 77.0 Å². The van der Waals surface area contributed by atoms with Gasteiger partial charge >= 0.3 is 0 Å². The normalized spacial score (nSPS) is 21.0. The highest BCUT2D eigenvalue weighted by Crippen LogP contribution is 2.47. The molecule has 1 saturated heterocycles. The average Bonchev–Trinajstić information content (AvgIpc) is 3.72. The Morgan fingerprint density at radius 3 is 2.69 bits per heavy atom. The summed E-state index contributed by atoms with van der Waals surface area (Å²) in [6.45, 7) is 9.08. The standard InChI is InChI=1S/C30H37N3O3/c1-5-22-18-32(12-13-33(22)29(34)14-21-8-6-7-9-28(21)35-4)27-15-23(20-10-11-20)26-19-36-30(2,3)16-24(26)25(27)17-31/h6-9,15,20,22H,5,10-14,16,18-19H2,1-4H3/t22-/m1/s1. The van der Waals surface area contributed by atoms with Crippen molar-refractivity contribution in [3.05, 3.63) is 58.1 Å². The molecule has 3 aliphatic rings. The van der Waals surface area contributed by atoms with E-state index in [-0.39, 0.29) is 17.6 Å². The number of methoxy groups -OCH3 is 1. The van der Waals surface area contributed by atoms with Gasteiger partial charge in [-0.3, -0.25) is 4.79 Å². The van der Waals surface area contributed by atoms with E-state index >= 15 is 0 Å². The first-order valence-corrected chi connectivity index (χ1v) is 13.2. The first-order valence-electron chi connectivity index (χ1n) is 13.2. The number of carbonyl (C=O) groups excluding carboxylic acids is 1. The number of rotatable bonds is 6. The number of amides is 1. The number of ether oxygens (including phenoxy) is 2. The Hall–Kier alpha value is -3.04. The molecule has 0 radical (unpaired) electrons. The number of fused-ring (bicyclic) bond motifs is 1. The van der Waals surface area contributed by atoms with Crippen molar-refractivity contribution in [2.75, 3.05) is 31.6 Å². The van der Waals surface area contributed by atoms with Crippen molar-refractivity contribution in [1.29, 1.82) is 5.26 Å². The molecular formula is C30H37N3O3. The molecule has 2 aromatic rings. The summed E-state index contributed by atoms with van der Waals surface area (Å²) in [6, 6.07) is 12.7. The molecule has 0 N–H and O–H groups in total. The maximum atomic E-state index is 13.4. The van der Waals surface area contributed by atoms with Gasteiger partial charge in [-0.2, -0.15) is 5.26 Å². The number of hydrogen-bond donors (Lipinski definition) is 0. The minimum Gasteiger partial charge on any atom is -0.496 e. The lowest BCUT2D eigenvalue weighted by molar-refractivity contribution is -0.133. The number of piperazine rings is 1. The van der Waals surface area contributed by atoms with Crippen LogP contribution in [0.3, 0.4) is 0 Å². The highest BCUT2D eigenvalue weighted by Gasteiger charge is 2.37. The lowest BCUT2D eigenvalue weighted by atomic mass is 9.84. The number of benzene rings is 2. The molecule has 2 aromatic carbocycles. The molecule has 0 aromatic heterocycles. The zero-order chi connectivity index (χ0) is 25.4. The van der Waals surface area contributed by atoms with Crippen LogP contribution in [-0.4, -0.2) is 49.2 Å². The number of nitrogens with zero attached hydrogens (tertiary/aromatic N) is 3. The van der Waals surface area contributed by atoms with E-state index in [4.69, 9.17) is 9.47 Å². The van der Waals surface area contributed by atoms with Gasteiger partial charge in [-0.1, -0.05) is 25.1 Å². The van der Waals surface area contributed by atoms with Gasteiger partial charge in [-0.05, 0) is 67.9 Å². The van der Waals surface area contributed by atoms with Crippen LogP contribution in [0.2, 0.25) is 0 Å². The topological polar surface area (TPSA) is 65.8 Å². The van der Waals surface area contributed by atoms with Gasteiger partial charge in [0.1, 0.15) is 11.8 Å². The minimum atomic E-state index is -0.270. The van der Waals surface area contributed by atoms with Gasteiger partial charge in [0.25, 0.3) is 0 Å². The van der Waals surface area contributed by atoms with E-state index in [0.29, 0.717) is 25.5 Å². The molecule has 6 heteroatoms. The molecule has 2 fully saturated rings. The fourth-order valence-corrected chi connectivity index (χ4v) is 5.89. The van der Waals surface area contributed by atoms with E-state index in [1.54, 1.807) is 7.11 Å². The number of carbonyl (C=O) groups is 1. The molecule has 1 saturated carbocycles. The molecule has 2 heterocycles. The van der Waals surface area contributed by atoms with E-state index in [2.05, 4.69) is 37.8 Å². The summed E-state index contributed by atoms with van der Waals surface area (Å²) in [5.74, 6) is 1.47. The molecule has 0 bridgehead atoms. The Morgan fingerprint density at radius 2 is 2.00 bits per heavy atom. The quantitative estimate of drug-likeness (QED) is 0.576. The molecule has 2 aliphatic heterocycles. The van der Waals surface area contributed by atoms with E-state index in [0.717, 1.165) is 48.5 Å². The van der Waals surface area contributed by atoms with Gasteiger partial charge in [0.2, 0.25) is 5.91 Å². The van der Waals surface area contributed by atoms with Crippen molar-refractivity contribution in [1.82, 2.24) is 4.90 Å². The van der Waals surface area contributed by atoms with Crippen LogP contribution in [0, 0.1) is 11.3 Å². The van der Waals surface area contributed by atoms with Crippen molar-refractivity contribution < 1.29 is 14.3 Å². The van der Waals surface area contributed by atoms with Crippen molar-refractivity contribution >= 4 is 11.6 Å². The second-order valence-corrected chi connectivity index (χ2v) is 11.0. The number of anilines is 1. The molecule has 36 heavy (non-hydrogen) atoms. The average molecular weight is 488 g/mol. The molecule has 1 aliphatic carbocycles. The van der Waals surface area contributed by atoms with E-state index < -0.39 is 0 Å². The largest absolute Gasteiger partial charge is 0.496 e. The smallest absolute Gasteiger partial charge is 0.227 e. The second kappa shape index (κ2) is 9.78. The summed E-state index contributed by atoms with van der Waals surface area (Å²) >= 11 is 0. The third-order valence-corrected chi connectivity index (χ3v) is 8.05. The lowest BCUT2D eigenvalue weighted by Gasteiger charge is -2.43. The second-order valence-electron chi connectivity index (χ2n) is 11.0. The molecule has 190 valence electrons. The van der Waals surface area contributed by atoms with Gasteiger partial charge in [-0.15, -0.1) is 0 Å². The Morgan fingerprint density at radius 1 is 1.22 bits per heavy atom. The Balaban J connectivity index is 1.41. The van der Waals surface area contributed by atoms with Crippen LogP contribution in [0.15, 0.2) is 30.3 Å². The van der Waals surface area contributed by atoms with Crippen LogP contribution in [0.25, 0.3) is 0 Å². The molecular weight excluding hydrogens is 450 g/mol. The summed E-state index contributed by atoms with van der Waals surface area (Å²) < 4.78 is 11.6. The van der Waals surface area contributed by atoms with Crippen LogP contribution < -0.4 is 9.64 Å². The fourth-order valence-electron chi connectivity index (χ4n) is 5.89. The zero-order valence-corrected chi connectivity index (χ0v) is 22.0. The molecule has 1 amide bonds. The molecule has 6 nitrogen and oxygen atoms in total. The minimum absolute atomic E-state index is 0.104. The van der Waals surface area contributed by atoms with Crippen molar-refractivity contribution in [3.63, 3.8) is 0 Å². The summed E-state index contributed by atoms with van der Waals surface area (Å²) in [4.78, 5) is 17.8. The Labute approximate surface area is 214 Å². The predicted molar refractivity (Wildman–Crippen MR) is 140 cm³/mol. The predicted octanol–water partition coefficient (Wildman–Crippen LogP) is 4.97. The number of hydrogen-bond acceptors (Lipinski definition) is 5. The van der Waals surface area contributed by atoms with Crippen LogP contribution in [0.5, 0.6) is 5.75 Å². The van der Waals surface area contributed by atoms with Crippen molar-refractivity contribution in [2.24, 2.45) is 0 Å². The van der Waals surface area contributed by atoms with Crippen LogP contribution in [0.1, 0.15) is 73.8 Å². The number of para-hydroxylation sites is 1. The van der Waals surface area contributed by atoms with Crippen LogP contribution in [0.4, 0.5) is 5.69 Å². The molecule has 0 unspecified atom stereocenters. The summed E-state index contributed by atoms with van der Waals surface area (Å²) in [7, 11) is 1.64. The Kier molecular flexibility index (Phi) is 6.70. The van der Waals surface area contributed by atoms with Gasteiger partial charge in [0.15, 0.2) is 0 Å².